The number of likely N-dealkylation sites (tertiary alicyclic amines) is 1. The molecule has 1 fully saturated rings. The molecule has 0 aliphatic carbocycles. The first-order valence-electron chi connectivity index (χ1n) is 11.9. The van der Waals surface area contributed by atoms with Gasteiger partial charge < -0.3 is 14.6 Å². The van der Waals surface area contributed by atoms with Crippen molar-refractivity contribution in [1.29, 1.82) is 0 Å². The van der Waals surface area contributed by atoms with E-state index >= 15 is 0 Å². The van der Waals surface area contributed by atoms with Gasteiger partial charge in [-0.1, -0.05) is 48.0 Å². The third-order valence-corrected chi connectivity index (χ3v) is 7.18. The highest BCUT2D eigenvalue weighted by molar-refractivity contribution is 6.30. The lowest BCUT2D eigenvalue weighted by Crippen LogP contribution is -2.67. The number of hydrogen-bond donors (Lipinski definition) is 1. The van der Waals surface area contributed by atoms with Crippen LogP contribution >= 0.6 is 11.6 Å². The van der Waals surface area contributed by atoms with Gasteiger partial charge in [0.25, 0.3) is 0 Å². The lowest BCUT2D eigenvalue weighted by Gasteiger charge is -2.59. The first-order chi connectivity index (χ1) is 16.6. The van der Waals surface area contributed by atoms with Crippen LogP contribution in [0.25, 0.3) is 0 Å². The number of benzene rings is 2. The maximum Gasteiger partial charge on any atom is 0.192 e. The average molecular weight is 496 g/mol. The van der Waals surface area contributed by atoms with Crippen LogP contribution < -0.4 is 9.47 Å². The highest BCUT2D eigenvalue weighted by Gasteiger charge is 2.55. The topological polar surface area (TPSA) is 67.7 Å². The van der Waals surface area contributed by atoms with Gasteiger partial charge in [0.2, 0.25) is 0 Å². The minimum absolute atomic E-state index is 0.162. The lowest BCUT2D eigenvalue weighted by molar-refractivity contribution is -0.197. The van der Waals surface area contributed by atoms with Crippen molar-refractivity contribution in [3.8, 4) is 11.5 Å². The number of aliphatic hydroxyl groups is 1. The first-order valence-corrected chi connectivity index (χ1v) is 12.3. The van der Waals surface area contributed by atoms with E-state index in [1.807, 2.05) is 48.5 Å². The second kappa shape index (κ2) is 9.76. The fourth-order valence-corrected chi connectivity index (χ4v) is 5.78. The number of ether oxygens (including phenoxy) is 2. The zero-order valence-corrected chi connectivity index (χ0v) is 21.8. The summed E-state index contributed by atoms with van der Waals surface area (Å²) in [6.07, 6.45) is 6.00. The van der Waals surface area contributed by atoms with E-state index in [1.54, 1.807) is 13.3 Å². The second-order valence-corrected chi connectivity index (χ2v) is 10.7. The largest absolute Gasteiger partial charge is 0.493 e. The summed E-state index contributed by atoms with van der Waals surface area (Å²) in [7, 11) is 1.60. The summed E-state index contributed by atoms with van der Waals surface area (Å²) in [6, 6.07) is 15.4. The number of rotatable bonds is 7. The van der Waals surface area contributed by atoms with Crippen molar-refractivity contribution < 1.29 is 14.6 Å². The molecule has 1 aliphatic heterocycles. The zero-order chi connectivity index (χ0) is 25.3. The molecule has 1 N–H and O–H groups in total. The van der Waals surface area contributed by atoms with Gasteiger partial charge in [0, 0.05) is 29.0 Å². The van der Waals surface area contributed by atoms with Gasteiger partial charge in [-0.2, -0.15) is 0 Å². The van der Waals surface area contributed by atoms with Crippen molar-refractivity contribution in [3.63, 3.8) is 0 Å². The van der Waals surface area contributed by atoms with Gasteiger partial charge in [-0.05, 0) is 64.7 Å². The molecule has 2 aromatic carbocycles. The Labute approximate surface area is 212 Å². The van der Waals surface area contributed by atoms with Gasteiger partial charge in [0.05, 0.1) is 7.11 Å². The zero-order valence-electron chi connectivity index (χ0n) is 21.1. The smallest absolute Gasteiger partial charge is 0.192 e. The number of methoxy groups -OCH3 is 1. The summed E-state index contributed by atoms with van der Waals surface area (Å²) in [4.78, 5) is 10.9. The molecule has 0 saturated carbocycles. The molecule has 186 valence electrons. The molecule has 1 atom stereocenters. The third-order valence-electron chi connectivity index (χ3n) is 6.90. The number of piperidine rings is 1. The Morgan fingerprint density at radius 1 is 0.971 bits per heavy atom. The summed E-state index contributed by atoms with van der Waals surface area (Å²) in [5, 5.41) is 12.9. The maximum absolute atomic E-state index is 12.7. The van der Waals surface area contributed by atoms with Crippen molar-refractivity contribution in [3.05, 3.63) is 82.9 Å². The molecule has 0 bridgehead atoms. The normalized spacial score (nSPS) is 19.1. The van der Waals surface area contributed by atoms with Crippen LogP contribution in [0.3, 0.4) is 0 Å². The van der Waals surface area contributed by atoms with E-state index < -0.39 is 5.72 Å². The molecule has 0 radical (unpaired) electrons. The lowest BCUT2D eigenvalue weighted by atomic mass is 9.75. The van der Waals surface area contributed by atoms with Gasteiger partial charge in [0.1, 0.15) is 12.3 Å². The molecule has 6 nitrogen and oxygen atoms in total. The Hall–Kier alpha value is -2.67. The summed E-state index contributed by atoms with van der Waals surface area (Å²) in [6.45, 7) is 8.98. The van der Waals surface area contributed by atoms with Gasteiger partial charge in [-0.3, -0.25) is 9.88 Å². The maximum atomic E-state index is 12.7. The summed E-state index contributed by atoms with van der Waals surface area (Å²) in [5.41, 5.74) is -0.429. The molecule has 1 saturated heterocycles. The summed E-state index contributed by atoms with van der Waals surface area (Å²) in [5.74, 6) is 1.11. The van der Waals surface area contributed by atoms with Crippen LogP contribution in [0.5, 0.6) is 11.5 Å². The number of halogens is 1. The quantitative estimate of drug-likeness (QED) is 0.436. The van der Waals surface area contributed by atoms with Crippen molar-refractivity contribution >= 4 is 11.6 Å². The number of nitrogens with zero attached hydrogens (tertiary/aromatic N) is 3. The van der Waals surface area contributed by atoms with Gasteiger partial charge >= 0.3 is 0 Å². The van der Waals surface area contributed by atoms with E-state index in [0.717, 1.165) is 24.8 Å². The predicted octanol–water partition coefficient (Wildman–Crippen LogP) is 5.95. The minimum Gasteiger partial charge on any atom is -0.493 e. The molecule has 2 heterocycles. The van der Waals surface area contributed by atoms with Crippen LogP contribution in [0.15, 0.2) is 60.9 Å². The second-order valence-electron chi connectivity index (χ2n) is 10.3. The summed E-state index contributed by atoms with van der Waals surface area (Å²) >= 11 is 6.59. The molecule has 0 amide bonds. The Balaban J connectivity index is 1.88. The molecule has 1 aromatic heterocycles. The molecule has 3 aromatic rings. The fraction of sp³-hybridized carbons (Fsp3) is 0.429. The molecule has 1 unspecified atom stereocenters. The van der Waals surface area contributed by atoms with Gasteiger partial charge in [0.15, 0.2) is 22.4 Å². The van der Waals surface area contributed by atoms with E-state index in [4.69, 9.17) is 21.1 Å². The molecule has 35 heavy (non-hydrogen) atoms. The van der Waals surface area contributed by atoms with Crippen molar-refractivity contribution in [2.45, 2.75) is 70.4 Å². The van der Waals surface area contributed by atoms with Crippen LogP contribution in [-0.2, 0) is 12.3 Å². The monoisotopic (exact) mass is 495 g/mol. The Morgan fingerprint density at radius 3 is 2.26 bits per heavy atom. The molecule has 4 rings (SSSR count). The van der Waals surface area contributed by atoms with Gasteiger partial charge in [-0.25, -0.2) is 4.98 Å². The van der Waals surface area contributed by atoms with E-state index in [9.17, 15) is 5.11 Å². The van der Waals surface area contributed by atoms with E-state index in [0.29, 0.717) is 29.4 Å². The van der Waals surface area contributed by atoms with Crippen molar-refractivity contribution in [2.75, 3.05) is 7.11 Å². The number of aromatic nitrogens is 2. The van der Waals surface area contributed by atoms with Crippen LogP contribution in [0, 0.1) is 0 Å². The van der Waals surface area contributed by atoms with Crippen LogP contribution in [0.2, 0.25) is 5.15 Å². The van der Waals surface area contributed by atoms with Crippen LogP contribution in [0.1, 0.15) is 63.8 Å². The van der Waals surface area contributed by atoms with Gasteiger partial charge in [-0.15, -0.1) is 0 Å². The Morgan fingerprint density at radius 2 is 1.63 bits per heavy atom. The molecule has 0 spiro atoms. The molecular weight excluding hydrogens is 462 g/mol. The van der Waals surface area contributed by atoms with Crippen LogP contribution in [-0.4, -0.2) is 38.2 Å². The van der Waals surface area contributed by atoms with Crippen molar-refractivity contribution in [2.24, 2.45) is 0 Å². The summed E-state index contributed by atoms with van der Waals surface area (Å²) < 4.78 is 11.8. The minimum atomic E-state index is -1.66. The standard InChI is InChI=1S/C28H34ClN3O3/c1-26(2)14-9-15-27(3,4)32(26)28(33,24-25(29)31-17-16-30-24)21-12-13-22(34-5)23(18-21)35-19-20-10-7-6-8-11-20/h6-8,10-13,16-18,33H,9,14-15,19H2,1-5H3. The highest BCUT2D eigenvalue weighted by Crippen LogP contribution is 2.50. The van der Waals surface area contributed by atoms with Crippen LogP contribution in [0.4, 0.5) is 0 Å². The first kappa shape index (κ1) is 25.4. The third kappa shape index (κ3) is 4.88. The van der Waals surface area contributed by atoms with E-state index in [1.165, 1.54) is 6.20 Å². The Kier molecular flexibility index (Phi) is 7.09. The molecule has 1 aliphatic rings. The highest BCUT2D eigenvalue weighted by atomic mass is 35.5. The fourth-order valence-electron chi connectivity index (χ4n) is 5.54. The average Bonchev–Trinajstić information content (AvgIpc) is 2.82. The number of hydrogen-bond acceptors (Lipinski definition) is 6. The van der Waals surface area contributed by atoms with E-state index in [2.05, 4.69) is 42.6 Å². The SMILES string of the molecule is COc1ccc(C(O)(c2nccnc2Cl)N2C(C)(C)CCCC2(C)C)cc1OCc1ccccc1. The molecule has 7 heteroatoms. The predicted molar refractivity (Wildman–Crippen MR) is 138 cm³/mol. The molecular formula is C28H34ClN3O3. The van der Waals surface area contributed by atoms with Crippen molar-refractivity contribution in [1.82, 2.24) is 14.9 Å². The Bertz CT molecular complexity index is 1150. The van der Waals surface area contributed by atoms with E-state index in [-0.39, 0.29) is 16.2 Å².